The van der Waals surface area contributed by atoms with Gasteiger partial charge in [0.2, 0.25) is 0 Å². The van der Waals surface area contributed by atoms with Crippen LogP contribution in [0.15, 0.2) is 42.5 Å². The van der Waals surface area contributed by atoms with E-state index in [0.717, 1.165) is 17.2 Å². The predicted octanol–water partition coefficient (Wildman–Crippen LogP) is 1.39. The third kappa shape index (κ3) is 6.93. The Morgan fingerprint density at radius 3 is 2.46 bits per heavy atom. The number of hydrogen-bond donors (Lipinski definition) is 5. The average Bonchev–Trinajstić information content (AvgIpc) is 2.83. The standard InChI is InChI=1S/C25H30O10/c1-14-11-16(3-6-17(14)26)9-10-33-25-23(31)24(32-2)22(30)20(35-25)13-34-21(29)8-5-15-4-7-18(27)19(28)12-15/h3-8,11-12,20,22-28,30-31H,9-10,13H2,1-2H3/b8-5+/t20-,22+,23-,24-,25+/m0/s1. The Morgan fingerprint density at radius 2 is 1.77 bits per heavy atom. The van der Waals surface area contributed by atoms with Gasteiger partial charge < -0.3 is 44.5 Å². The second-order valence-electron chi connectivity index (χ2n) is 8.18. The van der Waals surface area contributed by atoms with Crippen LogP contribution in [0, 0.1) is 6.92 Å². The molecule has 0 aliphatic carbocycles. The molecule has 0 saturated carbocycles. The first-order valence-electron chi connectivity index (χ1n) is 11.0. The fraction of sp³-hybridized carbons (Fsp3) is 0.400. The fourth-order valence-corrected chi connectivity index (χ4v) is 3.64. The van der Waals surface area contributed by atoms with E-state index >= 15 is 0 Å². The largest absolute Gasteiger partial charge is 0.508 e. The van der Waals surface area contributed by atoms with Crippen molar-refractivity contribution in [2.75, 3.05) is 20.3 Å². The smallest absolute Gasteiger partial charge is 0.330 e. The molecule has 0 amide bonds. The second kappa shape index (κ2) is 12.0. The third-order valence-corrected chi connectivity index (χ3v) is 5.65. The summed E-state index contributed by atoms with van der Waals surface area (Å²) < 4.78 is 21.7. The van der Waals surface area contributed by atoms with Crippen molar-refractivity contribution in [3.05, 3.63) is 59.2 Å². The molecule has 0 unspecified atom stereocenters. The molecule has 2 aromatic carbocycles. The Bertz CT molecular complexity index is 1040. The van der Waals surface area contributed by atoms with E-state index in [0.29, 0.717) is 12.0 Å². The van der Waals surface area contributed by atoms with Gasteiger partial charge in [-0.2, -0.15) is 0 Å². The molecule has 0 spiro atoms. The first kappa shape index (κ1) is 26.5. The minimum Gasteiger partial charge on any atom is -0.508 e. The highest BCUT2D eigenvalue weighted by atomic mass is 16.7. The van der Waals surface area contributed by atoms with Crippen molar-refractivity contribution in [3.8, 4) is 17.2 Å². The van der Waals surface area contributed by atoms with Crippen LogP contribution >= 0.6 is 0 Å². The molecule has 1 saturated heterocycles. The molecular weight excluding hydrogens is 460 g/mol. The number of esters is 1. The Hall–Kier alpha value is -3.15. The lowest BCUT2D eigenvalue weighted by molar-refractivity contribution is -0.304. The maximum Gasteiger partial charge on any atom is 0.330 e. The van der Waals surface area contributed by atoms with Gasteiger partial charge in [0.25, 0.3) is 0 Å². The number of phenols is 3. The molecule has 190 valence electrons. The number of aliphatic hydroxyl groups is 2. The molecule has 10 heteroatoms. The van der Waals surface area contributed by atoms with E-state index in [-0.39, 0.29) is 30.5 Å². The Balaban J connectivity index is 1.55. The summed E-state index contributed by atoms with van der Waals surface area (Å²) in [5, 5.41) is 49.5. The van der Waals surface area contributed by atoms with Gasteiger partial charge >= 0.3 is 5.97 Å². The Labute approximate surface area is 202 Å². The van der Waals surface area contributed by atoms with Gasteiger partial charge in [0, 0.05) is 13.2 Å². The van der Waals surface area contributed by atoms with Gasteiger partial charge in [0.15, 0.2) is 17.8 Å². The van der Waals surface area contributed by atoms with Gasteiger partial charge in [-0.15, -0.1) is 0 Å². The van der Waals surface area contributed by atoms with Crippen LogP contribution < -0.4 is 0 Å². The van der Waals surface area contributed by atoms with Crippen molar-refractivity contribution in [2.24, 2.45) is 0 Å². The highest BCUT2D eigenvalue weighted by Gasteiger charge is 2.45. The molecule has 3 rings (SSSR count). The van der Waals surface area contributed by atoms with Crippen molar-refractivity contribution in [1.82, 2.24) is 0 Å². The van der Waals surface area contributed by atoms with Crippen molar-refractivity contribution in [1.29, 1.82) is 0 Å². The SMILES string of the molecule is CO[C@@H]1[C@H](O)[C@H](OCCc2ccc(O)c(C)c2)O[C@@H](COC(=O)/C=C/c2ccc(O)c(O)c2)[C@H]1O. The van der Waals surface area contributed by atoms with Crippen molar-refractivity contribution in [3.63, 3.8) is 0 Å². The monoisotopic (exact) mass is 490 g/mol. The molecule has 0 radical (unpaired) electrons. The number of carbonyl (C=O) groups is 1. The van der Waals surface area contributed by atoms with Crippen LogP contribution in [0.2, 0.25) is 0 Å². The van der Waals surface area contributed by atoms with E-state index in [1.54, 1.807) is 19.1 Å². The van der Waals surface area contributed by atoms with Crippen LogP contribution in [-0.2, 0) is 30.2 Å². The third-order valence-electron chi connectivity index (χ3n) is 5.65. The van der Waals surface area contributed by atoms with E-state index < -0.39 is 36.7 Å². The average molecular weight is 491 g/mol. The molecule has 1 heterocycles. The van der Waals surface area contributed by atoms with E-state index in [1.165, 1.54) is 31.4 Å². The zero-order valence-corrected chi connectivity index (χ0v) is 19.4. The summed E-state index contributed by atoms with van der Waals surface area (Å²) in [6.07, 6.45) is -2.71. The van der Waals surface area contributed by atoms with Crippen LogP contribution in [0.1, 0.15) is 16.7 Å². The minimum absolute atomic E-state index is 0.188. The van der Waals surface area contributed by atoms with Gasteiger partial charge in [0.05, 0.1) is 6.61 Å². The molecule has 1 aliphatic rings. The predicted molar refractivity (Wildman–Crippen MR) is 124 cm³/mol. The first-order chi connectivity index (χ1) is 16.7. The van der Waals surface area contributed by atoms with E-state index in [1.807, 2.05) is 6.07 Å². The summed E-state index contributed by atoms with van der Waals surface area (Å²) in [6, 6.07) is 9.25. The molecule has 35 heavy (non-hydrogen) atoms. The summed E-state index contributed by atoms with van der Waals surface area (Å²) in [5.74, 6) is -1.13. The van der Waals surface area contributed by atoms with Crippen LogP contribution in [0.5, 0.6) is 17.2 Å². The molecule has 10 nitrogen and oxygen atoms in total. The Kier molecular flexibility index (Phi) is 9.07. The van der Waals surface area contributed by atoms with Crippen LogP contribution in [-0.4, -0.2) is 82.5 Å². The lowest BCUT2D eigenvalue weighted by Crippen LogP contribution is -2.60. The zero-order valence-electron chi connectivity index (χ0n) is 19.4. The summed E-state index contributed by atoms with van der Waals surface area (Å²) in [5.41, 5.74) is 2.12. The minimum atomic E-state index is -1.28. The number of aromatic hydroxyl groups is 3. The van der Waals surface area contributed by atoms with Gasteiger partial charge in [-0.25, -0.2) is 4.79 Å². The normalized spacial score (nSPS) is 24.5. The van der Waals surface area contributed by atoms with Crippen molar-refractivity contribution in [2.45, 2.75) is 44.1 Å². The fourth-order valence-electron chi connectivity index (χ4n) is 3.64. The molecule has 0 bridgehead atoms. The number of hydrogen-bond acceptors (Lipinski definition) is 10. The maximum atomic E-state index is 12.1. The topological polar surface area (TPSA) is 155 Å². The summed E-state index contributed by atoms with van der Waals surface area (Å²) in [6.45, 7) is 1.65. The lowest BCUT2D eigenvalue weighted by Gasteiger charge is -2.41. The number of carbonyl (C=O) groups excluding carboxylic acids is 1. The number of aliphatic hydroxyl groups excluding tert-OH is 2. The molecule has 5 N–H and O–H groups in total. The Morgan fingerprint density at radius 1 is 1.03 bits per heavy atom. The number of phenolic OH excluding ortho intramolecular Hbond substituents is 3. The van der Waals surface area contributed by atoms with Crippen LogP contribution in [0.4, 0.5) is 0 Å². The van der Waals surface area contributed by atoms with Gasteiger partial charge in [-0.1, -0.05) is 18.2 Å². The quantitative estimate of drug-likeness (QED) is 0.198. The maximum absolute atomic E-state index is 12.1. The number of rotatable bonds is 9. The van der Waals surface area contributed by atoms with Crippen LogP contribution in [0.25, 0.3) is 6.08 Å². The van der Waals surface area contributed by atoms with E-state index in [4.69, 9.17) is 18.9 Å². The molecule has 5 atom stereocenters. The highest BCUT2D eigenvalue weighted by molar-refractivity contribution is 5.87. The number of ether oxygens (including phenoxy) is 4. The number of aryl methyl sites for hydroxylation is 1. The van der Waals surface area contributed by atoms with Crippen molar-refractivity contribution < 1.29 is 49.3 Å². The zero-order chi connectivity index (χ0) is 25.5. The van der Waals surface area contributed by atoms with E-state index in [2.05, 4.69) is 0 Å². The van der Waals surface area contributed by atoms with Gasteiger partial charge in [-0.05, 0) is 54.3 Å². The molecular formula is C25H30O10. The summed E-state index contributed by atoms with van der Waals surface area (Å²) in [4.78, 5) is 12.1. The highest BCUT2D eigenvalue weighted by Crippen LogP contribution is 2.26. The van der Waals surface area contributed by atoms with Crippen LogP contribution in [0.3, 0.4) is 0 Å². The van der Waals surface area contributed by atoms with Crippen molar-refractivity contribution >= 4 is 12.0 Å². The number of benzene rings is 2. The first-order valence-corrected chi connectivity index (χ1v) is 11.0. The van der Waals surface area contributed by atoms with Gasteiger partial charge in [-0.3, -0.25) is 0 Å². The van der Waals surface area contributed by atoms with E-state index in [9.17, 15) is 30.3 Å². The molecule has 2 aromatic rings. The molecule has 1 aliphatic heterocycles. The number of methoxy groups -OCH3 is 1. The second-order valence-corrected chi connectivity index (χ2v) is 8.18. The summed E-state index contributed by atoms with van der Waals surface area (Å²) >= 11 is 0. The summed E-state index contributed by atoms with van der Waals surface area (Å²) in [7, 11) is 1.33. The van der Waals surface area contributed by atoms with Gasteiger partial charge in [0.1, 0.15) is 36.8 Å². The molecule has 0 aromatic heterocycles. The lowest BCUT2D eigenvalue weighted by atomic mass is 9.99. The molecule has 1 fully saturated rings.